The number of piperidine rings is 1. The molecule has 168 valence electrons. The molecular weight excluding hydrogens is 398 g/mol. The number of likely N-dealkylation sites (tertiary alicyclic amines) is 1. The molecule has 0 saturated carbocycles. The maximum Gasteiger partial charge on any atom is 0.290 e. The van der Waals surface area contributed by atoms with Gasteiger partial charge < -0.3 is 19.7 Å². The van der Waals surface area contributed by atoms with E-state index in [1.54, 1.807) is 13.2 Å². The van der Waals surface area contributed by atoms with Gasteiger partial charge in [-0.05, 0) is 30.5 Å². The molecule has 0 radical (unpaired) electrons. The first-order valence-corrected chi connectivity index (χ1v) is 10.5. The van der Waals surface area contributed by atoms with Crippen LogP contribution in [0.15, 0.2) is 43.0 Å². The summed E-state index contributed by atoms with van der Waals surface area (Å²) >= 11 is 0. The average molecular weight is 430 g/mol. The predicted octanol–water partition coefficient (Wildman–Crippen LogP) is 0.986. The molecule has 0 atom stereocenters. The maximum atomic E-state index is 11.7. The van der Waals surface area contributed by atoms with Gasteiger partial charge in [0, 0.05) is 57.9 Å². The third-order valence-corrected chi connectivity index (χ3v) is 5.89. The molecule has 1 aromatic carbocycles. The zero-order chi connectivity index (χ0) is 22.1. The molecule has 0 bridgehead atoms. The van der Waals surface area contributed by atoms with Crippen LogP contribution in [0.3, 0.4) is 0 Å². The fourth-order valence-corrected chi connectivity index (χ4v) is 4.21. The summed E-state index contributed by atoms with van der Waals surface area (Å²) in [5.74, 6) is 0.0774. The highest BCUT2D eigenvalue weighted by atomic mass is 16.5. The van der Waals surface area contributed by atoms with Crippen LogP contribution >= 0.6 is 0 Å². The standard InChI is InChI=1S/C21H29N5O2.CH2O2/c1-22-20(27)15-25-12-13-28-21(16-25)6-9-24(10-7-21)14-18-2-4-19(5-3-18)26-11-8-23-17-26;2-1-3/h2-5,8,11,17H,6-7,9-10,12-16H2,1H3,(H,22,27);1H,(H,2,3). The number of amides is 1. The third-order valence-electron chi connectivity index (χ3n) is 5.89. The first-order chi connectivity index (χ1) is 15.1. The Labute approximate surface area is 182 Å². The van der Waals surface area contributed by atoms with Crippen molar-refractivity contribution in [1.82, 2.24) is 24.7 Å². The first-order valence-electron chi connectivity index (χ1n) is 10.5. The lowest BCUT2D eigenvalue weighted by Gasteiger charge is -2.47. The van der Waals surface area contributed by atoms with Gasteiger partial charge in [0.05, 0.1) is 25.1 Å². The molecule has 0 unspecified atom stereocenters. The summed E-state index contributed by atoms with van der Waals surface area (Å²) in [5, 5.41) is 9.61. The quantitative estimate of drug-likeness (QED) is 0.684. The average Bonchev–Trinajstić information content (AvgIpc) is 3.32. The molecule has 4 rings (SSSR count). The van der Waals surface area contributed by atoms with Crippen molar-refractivity contribution in [2.24, 2.45) is 0 Å². The molecule has 9 heteroatoms. The molecule has 2 saturated heterocycles. The minimum absolute atomic E-state index is 0.0774. The van der Waals surface area contributed by atoms with Gasteiger partial charge in [0.1, 0.15) is 0 Å². The highest BCUT2D eigenvalue weighted by Gasteiger charge is 2.39. The number of benzene rings is 1. The summed E-state index contributed by atoms with van der Waals surface area (Å²) < 4.78 is 8.21. The van der Waals surface area contributed by atoms with Gasteiger partial charge in [0.25, 0.3) is 6.47 Å². The van der Waals surface area contributed by atoms with E-state index in [4.69, 9.17) is 14.6 Å². The number of rotatable bonds is 5. The summed E-state index contributed by atoms with van der Waals surface area (Å²) in [6, 6.07) is 8.68. The number of nitrogens with one attached hydrogen (secondary N) is 1. The number of ether oxygens (including phenoxy) is 1. The number of carbonyl (C=O) groups is 2. The lowest BCUT2D eigenvalue weighted by Crippen LogP contribution is -2.57. The predicted molar refractivity (Wildman–Crippen MR) is 116 cm³/mol. The van der Waals surface area contributed by atoms with Crippen LogP contribution in [0, 0.1) is 0 Å². The monoisotopic (exact) mass is 429 g/mol. The van der Waals surface area contributed by atoms with E-state index in [1.807, 2.05) is 17.1 Å². The molecule has 9 nitrogen and oxygen atoms in total. The molecule has 3 heterocycles. The summed E-state index contributed by atoms with van der Waals surface area (Å²) in [6.45, 7) is 5.63. The Kier molecular flexibility index (Phi) is 8.16. The van der Waals surface area contributed by atoms with E-state index in [1.165, 1.54) is 5.56 Å². The van der Waals surface area contributed by atoms with Crippen LogP contribution in [0.2, 0.25) is 0 Å². The van der Waals surface area contributed by atoms with Crippen molar-refractivity contribution in [1.29, 1.82) is 0 Å². The highest BCUT2D eigenvalue weighted by molar-refractivity contribution is 5.77. The minimum Gasteiger partial charge on any atom is -0.483 e. The Hall–Kier alpha value is -2.75. The molecule has 2 fully saturated rings. The van der Waals surface area contributed by atoms with Gasteiger partial charge in [-0.15, -0.1) is 0 Å². The van der Waals surface area contributed by atoms with Crippen molar-refractivity contribution >= 4 is 12.4 Å². The Morgan fingerprint density at radius 1 is 1.23 bits per heavy atom. The number of hydrogen-bond donors (Lipinski definition) is 2. The van der Waals surface area contributed by atoms with Crippen LogP contribution in [-0.2, 0) is 20.9 Å². The zero-order valence-corrected chi connectivity index (χ0v) is 17.9. The summed E-state index contributed by atoms with van der Waals surface area (Å²) in [4.78, 5) is 28.9. The first kappa shape index (κ1) is 22.9. The van der Waals surface area contributed by atoms with Crippen LogP contribution in [0.25, 0.3) is 5.69 Å². The largest absolute Gasteiger partial charge is 0.483 e. The molecule has 2 N–H and O–H groups in total. The van der Waals surface area contributed by atoms with Gasteiger partial charge in [-0.1, -0.05) is 12.1 Å². The summed E-state index contributed by atoms with van der Waals surface area (Å²) in [5.41, 5.74) is 2.37. The van der Waals surface area contributed by atoms with E-state index in [-0.39, 0.29) is 18.0 Å². The lowest BCUT2D eigenvalue weighted by molar-refractivity contribution is -0.143. The number of morpholine rings is 1. The molecule has 1 aromatic heterocycles. The number of carboxylic acid groups (broad SMARTS) is 1. The number of carbonyl (C=O) groups excluding carboxylic acids is 1. The van der Waals surface area contributed by atoms with Crippen molar-refractivity contribution in [3.8, 4) is 5.69 Å². The number of hydrogen-bond acceptors (Lipinski definition) is 6. The molecule has 2 aliphatic heterocycles. The second kappa shape index (κ2) is 11.0. The normalized spacial score (nSPS) is 18.7. The van der Waals surface area contributed by atoms with Crippen molar-refractivity contribution in [3.05, 3.63) is 48.5 Å². The molecule has 1 spiro atoms. The molecule has 1 amide bonds. The van der Waals surface area contributed by atoms with E-state index in [0.29, 0.717) is 13.2 Å². The SMILES string of the molecule is CNC(=O)CN1CCOC2(CCN(Cc3ccc(-n4ccnc4)cc3)CC2)C1.O=CO. The van der Waals surface area contributed by atoms with E-state index < -0.39 is 0 Å². The Morgan fingerprint density at radius 2 is 1.94 bits per heavy atom. The second-order valence-corrected chi connectivity index (χ2v) is 7.93. The fraction of sp³-hybridized carbons (Fsp3) is 0.500. The lowest BCUT2D eigenvalue weighted by atomic mass is 9.89. The van der Waals surface area contributed by atoms with E-state index in [0.717, 1.165) is 51.3 Å². The molecule has 31 heavy (non-hydrogen) atoms. The van der Waals surface area contributed by atoms with Crippen molar-refractivity contribution in [3.63, 3.8) is 0 Å². The van der Waals surface area contributed by atoms with E-state index in [2.05, 4.69) is 44.4 Å². The smallest absolute Gasteiger partial charge is 0.290 e. The molecular formula is C22H31N5O4. The van der Waals surface area contributed by atoms with Gasteiger partial charge in [0.2, 0.25) is 5.91 Å². The van der Waals surface area contributed by atoms with Gasteiger partial charge in [-0.2, -0.15) is 0 Å². The molecule has 2 aliphatic rings. The van der Waals surface area contributed by atoms with Crippen molar-refractivity contribution in [2.45, 2.75) is 25.0 Å². The maximum absolute atomic E-state index is 11.7. The highest BCUT2D eigenvalue weighted by Crippen LogP contribution is 2.30. The zero-order valence-electron chi connectivity index (χ0n) is 17.9. The summed E-state index contributed by atoms with van der Waals surface area (Å²) in [7, 11) is 1.69. The number of imidazole rings is 1. The number of aromatic nitrogens is 2. The van der Waals surface area contributed by atoms with Crippen LogP contribution in [0.5, 0.6) is 0 Å². The minimum atomic E-state index is -0.250. The van der Waals surface area contributed by atoms with E-state index >= 15 is 0 Å². The van der Waals surface area contributed by atoms with Crippen LogP contribution in [0.1, 0.15) is 18.4 Å². The van der Waals surface area contributed by atoms with Gasteiger partial charge in [-0.3, -0.25) is 19.4 Å². The van der Waals surface area contributed by atoms with Gasteiger partial charge in [-0.25, -0.2) is 4.98 Å². The van der Waals surface area contributed by atoms with Gasteiger partial charge in [0.15, 0.2) is 0 Å². The summed E-state index contributed by atoms with van der Waals surface area (Å²) in [6.07, 6.45) is 7.60. The van der Waals surface area contributed by atoms with Crippen LogP contribution in [-0.4, -0.2) is 88.8 Å². The topological polar surface area (TPSA) is 99.9 Å². The van der Waals surface area contributed by atoms with Crippen molar-refractivity contribution in [2.75, 3.05) is 46.4 Å². The van der Waals surface area contributed by atoms with Crippen molar-refractivity contribution < 1.29 is 19.4 Å². The third kappa shape index (κ3) is 6.36. The van der Waals surface area contributed by atoms with Crippen LogP contribution in [0.4, 0.5) is 0 Å². The number of nitrogens with zero attached hydrogens (tertiary/aromatic N) is 4. The second-order valence-electron chi connectivity index (χ2n) is 7.93. The van der Waals surface area contributed by atoms with Crippen LogP contribution < -0.4 is 5.32 Å². The molecule has 0 aliphatic carbocycles. The van der Waals surface area contributed by atoms with E-state index in [9.17, 15) is 4.79 Å². The Balaban J connectivity index is 0.000000858. The molecule has 2 aromatic rings. The van der Waals surface area contributed by atoms with Gasteiger partial charge >= 0.3 is 0 Å². The Bertz CT molecular complexity index is 817. The fourth-order valence-electron chi connectivity index (χ4n) is 4.21. The number of likely N-dealkylation sites (N-methyl/N-ethyl adjacent to an activating group) is 1. The Morgan fingerprint density at radius 3 is 2.55 bits per heavy atom.